The van der Waals surface area contributed by atoms with Crippen LogP contribution in [0.3, 0.4) is 0 Å². The molecule has 3 N–H and O–H groups in total. The van der Waals surface area contributed by atoms with E-state index in [9.17, 15) is 4.79 Å². The summed E-state index contributed by atoms with van der Waals surface area (Å²) in [4.78, 5) is 13.9. The summed E-state index contributed by atoms with van der Waals surface area (Å²) in [6.45, 7) is 3.49. The number of hydrogen-bond acceptors (Lipinski definition) is 5. The van der Waals surface area contributed by atoms with Gasteiger partial charge in [0.15, 0.2) is 0 Å². The molecule has 0 aromatic heterocycles. The minimum atomic E-state index is -0.317. The van der Waals surface area contributed by atoms with Crippen LogP contribution in [0.1, 0.15) is 12.8 Å². The zero-order valence-corrected chi connectivity index (χ0v) is 11.4. The van der Waals surface area contributed by atoms with E-state index in [0.717, 1.165) is 25.9 Å². The highest BCUT2D eigenvalue weighted by molar-refractivity contribution is 5.81. The molecule has 0 aromatic carbocycles. The molecule has 6 nitrogen and oxygen atoms in total. The number of carbonyl (C=O) groups is 1. The first kappa shape index (κ1) is 15.4. The average Bonchev–Trinajstić information content (AvgIpc) is 2.85. The van der Waals surface area contributed by atoms with Crippen molar-refractivity contribution >= 4 is 5.91 Å². The molecule has 1 rings (SSSR count). The van der Waals surface area contributed by atoms with E-state index < -0.39 is 0 Å². The van der Waals surface area contributed by atoms with E-state index in [2.05, 4.69) is 10.2 Å². The summed E-state index contributed by atoms with van der Waals surface area (Å²) in [6.07, 6.45) is 1.38. The lowest BCUT2D eigenvalue weighted by Gasteiger charge is -2.17. The molecule has 1 heterocycles. The van der Waals surface area contributed by atoms with Gasteiger partial charge in [-0.2, -0.15) is 0 Å². The van der Waals surface area contributed by atoms with Gasteiger partial charge in [0.1, 0.15) is 6.10 Å². The summed E-state index contributed by atoms with van der Waals surface area (Å²) in [7, 11) is 3.68. The van der Waals surface area contributed by atoms with Crippen LogP contribution < -0.4 is 11.1 Å². The maximum atomic E-state index is 11.8. The molecule has 0 aliphatic carbocycles. The first-order valence-corrected chi connectivity index (χ1v) is 6.48. The summed E-state index contributed by atoms with van der Waals surface area (Å²) >= 11 is 0. The SMILES string of the molecule is COCCN(C)CCNC(=O)C1CCC(CN)O1. The molecule has 0 radical (unpaired) electrons. The molecule has 6 heteroatoms. The molecule has 1 amide bonds. The normalized spacial score (nSPS) is 23.6. The maximum Gasteiger partial charge on any atom is 0.249 e. The third kappa shape index (κ3) is 5.30. The van der Waals surface area contributed by atoms with Crippen LogP contribution in [0.4, 0.5) is 0 Å². The predicted octanol–water partition coefficient (Wildman–Crippen LogP) is -0.813. The van der Waals surface area contributed by atoms with Crippen LogP contribution in [-0.2, 0) is 14.3 Å². The lowest BCUT2D eigenvalue weighted by molar-refractivity contribution is -0.131. The quantitative estimate of drug-likeness (QED) is 0.596. The first-order chi connectivity index (χ1) is 8.67. The van der Waals surface area contributed by atoms with Crippen molar-refractivity contribution in [3.8, 4) is 0 Å². The molecule has 0 saturated carbocycles. The number of ether oxygens (including phenoxy) is 2. The fraction of sp³-hybridized carbons (Fsp3) is 0.917. The molecule has 0 spiro atoms. The van der Waals surface area contributed by atoms with Gasteiger partial charge >= 0.3 is 0 Å². The maximum absolute atomic E-state index is 11.8. The van der Waals surface area contributed by atoms with Gasteiger partial charge in [-0.05, 0) is 19.9 Å². The highest BCUT2D eigenvalue weighted by Crippen LogP contribution is 2.18. The number of nitrogens with zero attached hydrogens (tertiary/aromatic N) is 1. The molecule has 18 heavy (non-hydrogen) atoms. The second-order valence-corrected chi connectivity index (χ2v) is 4.65. The van der Waals surface area contributed by atoms with E-state index in [4.69, 9.17) is 15.2 Å². The Morgan fingerprint density at radius 2 is 2.28 bits per heavy atom. The summed E-state index contributed by atoms with van der Waals surface area (Å²) in [6, 6.07) is 0. The van der Waals surface area contributed by atoms with Gasteiger partial charge in [0.25, 0.3) is 0 Å². The first-order valence-electron chi connectivity index (χ1n) is 6.48. The van der Waals surface area contributed by atoms with Gasteiger partial charge in [0.05, 0.1) is 12.7 Å². The summed E-state index contributed by atoms with van der Waals surface area (Å²) in [5.74, 6) is -0.0221. The highest BCUT2D eigenvalue weighted by atomic mass is 16.5. The van der Waals surface area contributed by atoms with Crippen molar-refractivity contribution in [1.82, 2.24) is 10.2 Å². The molecular formula is C12H25N3O3. The molecule has 106 valence electrons. The van der Waals surface area contributed by atoms with E-state index in [-0.39, 0.29) is 18.1 Å². The fourth-order valence-electron chi connectivity index (χ4n) is 1.91. The van der Waals surface area contributed by atoms with E-state index in [1.807, 2.05) is 7.05 Å². The van der Waals surface area contributed by atoms with Crippen molar-refractivity contribution in [1.29, 1.82) is 0 Å². The van der Waals surface area contributed by atoms with Crippen LogP contribution in [0.15, 0.2) is 0 Å². The van der Waals surface area contributed by atoms with Gasteiger partial charge < -0.3 is 25.4 Å². The number of nitrogens with two attached hydrogens (primary N) is 1. The zero-order valence-electron chi connectivity index (χ0n) is 11.4. The fourth-order valence-corrected chi connectivity index (χ4v) is 1.91. The predicted molar refractivity (Wildman–Crippen MR) is 69.3 cm³/mol. The number of likely N-dealkylation sites (N-methyl/N-ethyl adjacent to an activating group) is 1. The van der Waals surface area contributed by atoms with Crippen LogP contribution >= 0.6 is 0 Å². The van der Waals surface area contributed by atoms with Gasteiger partial charge in [-0.3, -0.25) is 4.79 Å². The van der Waals surface area contributed by atoms with E-state index in [0.29, 0.717) is 19.7 Å². The number of amides is 1. The average molecular weight is 259 g/mol. The monoisotopic (exact) mass is 259 g/mol. The Hall–Kier alpha value is -0.690. The standard InChI is InChI=1S/C12H25N3O3/c1-15(7-8-17-2)6-5-14-12(16)11-4-3-10(9-13)18-11/h10-11H,3-9,13H2,1-2H3,(H,14,16). The van der Waals surface area contributed by atoms with Crippen molar-refractivity contribution < 1.29 is 14.3 Å². The third-order valence-electron chi connectivity index (χ3n) is 3.13. The summed E-state index contributed by atoms with van der Waals surface area (Å²) in [5.41, 5.74) is 5.51. The Balaban J connectivity index is 2.10. The Bertz CT molecular complexity index is 251. The summed E-state index contributed by atoms with van der Waals surface area (Å²) < 4.78 is 10.5. The Morgan fingerprint density at radius 3 is 2.89 bits per heavy atom. The largest absolute Gasteiger partial charge is 0.383 e. The Morgan fingerprint density at radius 1 is 1.50 bits per heavy atom. The lowest BCUT2D eigenvalue weighted by Crippen LogP contribution is -2.39. The van der Waals surface area contributed by atoms with Crippen LogP contribution in [0, 0.1) is 0 Å². The molecule has 1 aliphatic rings. The van der Waals surface area contributed by atoms with Gasteiger partial charge in [-0.1, -0.05) is 0 Å². The van der Waals surface area contributed by atoms with Crippen LogP contribution in [0.2, 0.25) is 0 Å². The van der Waals surface area contributed by atoms with Crippen LogP contribution in [0.25, 0.3) is 0 Å². The van der Waals surface area contributed by atoms with Crippen molar-refractivity contribution in [2.75, 3.05) is 46.9 Å². The third-order valence-corrected chi connectivity index (χ3v) is 3.13. The summed E-state index contributed by atoms with van der Waals surface area (Å²) in [5, 5.41) is 2.89. The van der Waals surface area contributed by atoms with Crippen molar-refractivity contribution in [3.63, 3.8) is 0 Å². The van der Waals surface area contributed by atoms with Gasteiger partial charge in [-0.25, -0.2) is 0 Å². The van der Waals surface area contributed by atoms with E-state index >= 15 is 0 Å². The minimum absolute atomic E-state index is 0.0221. The Labute approximate surface area is 109 Å². The zero-order chi connectivity index (χ0) is 13.4. The van der Waals surface area contributed by atoms with Gasteiger partial charge in [0.2, 0.25) is 5.91 Å². The number of carbonyl (C=O) groups excluding carboxylic acids is 1. The number of rotatable bonds is 8. The molecule has 1 aliphatic heterocycles. The number of hydrogen-bond donors (Lipinski definition) is 2. The molecule has 1 fully saturated rings. The van der Waals surface area contributed by atoms with Crippen LogP contribution in [0.5, 0.6) is 0 Å². The number of methoxy groups -OCH3 is 1. The number of nitrogens with one attached hydrogen (secondary N) is 1. The molecular weight excluding hydrogens is 234 g/mol. The Kier molecular flexibility index (Phi) is 7.19. The molecule has 0 bridgehead atoms. The minimum Gasteiger partial charge on any atom is -0.383 e. The molecule has 2 atom stereocenters. The van der Waals surface area contributed by atoms with Crippen molar-refractivity contribution in [2.24, 2.45) is 5.73 Å². The second-order valence-electron chi connectivity index (χ2n) is 4.65. The van der Waals surface area contributed by atoms with Crippen LogP contribution in [-0.4, -0.2) is 70.0 Å². The van der Waals surface area contributed by atoms with Crippen molar-refractivity contribution in [2.45, 2.75) is 25.0 Å². The van der Waals surface area contributed by atoms with Gasteiger partial charge in [0, 0.05) is 33.3 Å². The molecule has 0 aromatic rings. The smallest absolute Gasteiger partial charge is 0.249 e. The lowest BCUT2D eigenvalue weighted by atomic mass is 10.2. The topological polar surface area (TPSA) is 76.8 Å². The molecule has 2 unspecified atom stereocenters. The van der Waals surface area contributed by atoms with E-state index in [1.54, 1.807) is 7.11 Å². The van der Waals surface area contributed by atoms with Crippen molar-refractivity contribution in [3.05, 3.63) is 0 Å². The molecule has 1 saturated heterocycles. The second kappa shape index (κ2) is 8.42. The highest BCUT2D eigenvalue weighted by Gasteiger charge is 2.29. The van der Waals surface area contributed by atoms with Gasteiger partial charge in [-0.15, -0.1) is 0 Å². The van der Waals surface area contributed by atoms with E-state index in [1.165, 1.54) is 0 Å².